The Balaban J connectivity index is 1.32. The Morgan fingerprint density at radius 1 is 0.939 bits per heavy atom. The first-order chi connectivity index (χ1) is 16.0. The Kier molecular flexibility index (Phi) is 5.78. The highest BCUT2D eigenvalue weighted by molar-refractivity contribution is 8.00. The van der Waals surface area contributed by atoms with Gasteiger partial charge < -0.3 is 14.2 Å². The summed E-state index contributed by atoms with van der Waals surface area (Å²) in [5.74, 6) is 0.320. The molecule has 9 heteroatoms. The van der Waals surface area contributed by atoms with Crippen LogP contribution in [0.1, 0.15) is 5.56 Å². The van der Waals surface area contributed by atoms with Gasteiger partial charge in [0.1, 0.15) is 23.3 Å². The molecule has 0 saturated carbocycles. The average molecular weight is 466 g/mol. The van der Waals surface area contributed by atoms with Crippen LogP contribution in [-0.2, 0) is 16.1 Å². The second-order valence-corrected chi connectivity index (χ2v) is 8.12. The molecule has 0 atom stereocenters. The predicted octanol–water partition coefficient (Wildman–Crippen LogP) is 5.14. The van der Waals surface area contributed by atoms with Crippen LogP contribution in [0.5, 0.6) is 11.5 Å². The van der Waals surface area contributed by atoms with Crippen molar-refractivity contribution in [3.05, 3.63) is 77.9 Å². The third-order valence-corrected chi connectivity index (χ3v) is 5.85. The van der Waals surface area contributed by atoms with Gasteiger partial charge in [0.2, 0.25) is 6.79 Å². The Labute approximate surface area is 191 Å². The Morgan fingerprint density at radius 3 is 2.58 bits per heavy atom. The molecular weight excluding hydrogens is 450 g/mol. The Hall–Kier alpha value is -3.72. The van der Waals surface area contributed by atoms with Crippen LogP contribution in [0.3, 0.4) is 0 Å². The molecule has 5 rings (SSSR count). The van der Waals surface area contributed by atoms with E-state index in [1.165, 1.54) is 24.3 Å². The van der Waals surface area contributed by atoms with Crippen molar-refractivity contribution in [1.82, 2.24) is 9.97 Å². The maximum atomic E-state index is 13.9. The van der Waals surface area contributed by atoms with E-state index in [-0.39, 0.29) is 25.0 Å². The molecule has 0 unspecified atom stereocenters. The van der Waals surface area contributed by atoms with Crippen LogP contribution >= 0.6 is 11.8 Å². The molecule has 0 radical (unpaired) electrons. The zero-order valence-electron chi connectivity index (χ0n) is 17.1. The molecule has 1 aromatic heterocycles. The van der Waals surface area contributed by atoms with Gasteiger partial charge in [-0.2, -0.15) is 0 Å². The molecule has 0 N–H and O–H groups in total. The number of thioether (sulfide) groups is 1. The molecule has 4 aromatic rings. The highest BCUT2D eigenvalue weighted by Gasteiger charge is 2.16. The van der Waals surface area contributed by atoms with Gasteiger partial charge >= 0.3 is 5.97 Å². The normalized spacial score (nSPS) is 12.2. The van der Waals surface area contributed by atoms with Crippen LogP contribution in [0, 0.1) is 11.6 Å². The van der Waals surface area contributed by atoms with E-state index >= 15 is 0 Å². The maximum Gasteiger partial charge on any atom is 0.316 e. The monoisotopic (exact) mass is 466 g/mol. The fourth-order valence-electron chi connectivity index (χ4n) is 3.27. The molecule has 1 aliphatic rings. The van der Waals surface area contributed by atoms with E-state index in [1.807, 2.05) is 0 Å². The lowest BCUT2D eigenvalue weighted by molar-refractivity contribution is -0.141. The van der Waals surface area contributed by atoms with Gasteiger partial charge in [-0.25, -0.2) is 18.7 Å². The predicted molar refractivity (Wildman–Crippen MR) is 118 cm³/mol. The number of hydrogen-bond acceptors (Lipinski definition) is 7. The number of aromatic nitrogens is 2. The Morgan fingerprint density at radius 2 is 1.73 bits per heavy atom. The lowest BCUT2D eigenvalue weighted by atomic mass is 10.2. The van der Waals surface area contributed by atoms with Crippen molar-refractivity contribution < 1.29 is 27.8 Å². The molecule has 1 aliphatic heterocycles. The van der Waals surface area contributed by atoms with Crippen molar-refractivity contribution in [2.24, 2.45) is 0 Å². The number of esters is 1. The minimum Gasteiger partial charge on any atom is -0.460 e. The van der Waals surface area contributed by atoms with E-state index in [4.69, 9.17) is 14.2 Å². The van der Waals surface area contributed by atoms with Crippen molar-refractivity contribution in [1.29, 1.82) is 0 Å². The SMILES string of the molecule is O=C(CSc1nc(-c2ccc(F)cc2)nc2ccc(F)cc12)OCc1ccc2c(c1)OCO2. The van der Waals surface area contributed by atoms with Gasteiger partial charge in [0.15, 0.2) is 17.3 Å². The van der Waals surface area contributed by atoms with Crippen LogP contribution in [-0.4, -0.2) is 28.5 Å². The second kappa shape index (κ2) is 9.03. The van der Waals surface area contributed by atoms with Gasteiger partial charge in [0, 0.05) is 10.9 Å². The van der Waals surface area contributed by atoms with Crippen LogP contribution in [0.15, 0.2) is 65.7 Å². The smallest absolute Gasteiger partial charge is 0.316 e. The largest absolute Gasteiger partial charge is 0.460 e. The number of rotatable bonds is 6. The molecule has 0 saturated heterocycles. The maximum absolute atomic E-state index is 13.9. The highest BCUT2D eigenvalue weighted by atomic mass is 32.2. The molecule has 3 aromatic carbocycles. The molecule has 6 nitrogen and oxygen atoms in total. The summed E-state index contributed by atoms with van der Waals surface area (Å²) in [5.41, 5.74) is 1.89. The molecular formula is C24H16F2N2O4S. The first-order valence-corrected chi connectivity index (χ1v) is 10.9. The van der Waals surface area contributed by atoms with Crippen molar-refractivity contribution in [3.8, 4) is 22.9 Å². The summed E-state index contributed by atoms with van der Waals surface area (Å²) >= 11 is 1.12. The minimum atomic E-state index is -0.454. The van der Waals surface area contributed by atoms with E-state index in [0.717, 1.165) is 17.3 Å². The first-order valence-electron chi connectivity index (χ1n) is 9.95. The number of halogens is 2. The van der Waals surface area contributed by atoms with Gasteiger partial charge in [0.05, 0.1) is 11.3 Å². The van der Waals surface area contributed by atoms with E-state index in [1.54, 1.807) is 36.4 Å². The minimum absolute atomic E-state index is 0.0317. The summed E-state index contributed by atoms with van der Waals surface area (Å²) in [4.78, 5) is 21.3. The molecule has 0 spiro atoms. The van der Waals surface area contributed by atoms with Crippen molar-refractivity contribution in [2.75, 3.05) is 12.5 Å². The van der Waals surface area contributed by atoms with Crippen molar-refractivity contribution >= 4 is 28.6 Å². The fraction of sp³-hybridized carbons (Fsp3) is 0.125. The molecule has 0 fully saturated rings. The van der Waals surface area contributed by atoms with E-state index in [9.17, 15) is 13.6 Å². The number of ether oxygens (including phenoxy) is 3. The van der Waals surface area contributed by atoms with E-state index in [2.05, 4.69) is 9.97 Å². The van der Waals surface area contributed by atoms with Crippen molar-refractivity contribution in [3.63, 3.8) is 0 Å². The summed E-state index contributed by atoms with van der Waals surface area (Å²) in [6.45, 7) is 0.249. The van der Waals surface area contributed by atoms with Gasteiger partial charge in [-0.15, -0.1) is 0 Å². The summed E-state index contributed by atoms with van der Waals surface area (Å²) in [7, 11) is 0. The van der Waals surface area contributed by atoms with E-state index < -0.39 is 11.8 Å². The number of benzene rings is 3. The topological polar surface area (TPSA) is 70.5 Å². The van der Waals surface area contributed by atoms with Gasteiger partial charge in [-0.3, -0.25) is 4.79 Å². The lowest BCUT2D eigenvalue weighted by Crippen LogP contribution is -2.08. The number of carbonyl (C=O) groups excluding carboxylic acids is 1. The van der Waals surface area contributed by atoms with Crippen molar-refractivity contribution in [2.45, 2.75) is 11.6 Å². The third-order valence-electron chi connectivity index (χ3n) is 4.89. The standard InChI is InChI=1S/C24H16F2N2O4S/c25-16-4-2-15(3-5-16)23-27-19-7-6-17(26)10-18(19)24(28-23)33-12-22(29)30-11-14-1-8-20-21(9-14)32-13-31-20/h1-10H,11-13H2. The van der Waals surface area contributed by atoms with Crippen LogP contribution < -0.4 is 9.47 Å². The molecule has 2 heterocycles. The fourth-order valence-corrected chi connectivity index (χ4v) is 4.08. The summed E-state index contributed by atoms with van der Waals surface area (Å²) in [5, 5.41) is 0.910. The number of fused-ring (bicyclic) bond motifs is 2. The van der Waals surface area contributed by atoms with Gasteiger partial charge in [0.25, 0.3) is 0 Å². The van der Waals surface area contributed by atoms with Crippen LogP contribution in [0.2, 0.25) is 0 Å². The highest BCUT2D eigenvalue weighted by Crippen LogP contribution is 2.33. The molecule has 0 amide bonds. The van der Waals surface area contributed by atoms with Crippen LogP contribution in [0.4, 0.5) is 8.78 Å². The Bertz CT molecular complexity index is 1350. The van der Waals surface area contributed by atoms with Crippen LogP contribution in [0.25, 0.3) is 22.3 Å². The van der Waals surface area contributed by atoms with Gasteiger partial charge in [-0.05, 0) is 60.2 Å². The zero-order chi connectivity index (χ0) is 22.8. The number of nitrogens with zero attached hydrogens (tertiary/aromatic N) is 2. The number of hydrogen-bond donors (Lipinski definition) is 0. The zero-order valence-corrected chi connectivity index (χ0v) is 17.9. The average Bonchev–Trinajstić information content (AvgIpc) is 3.29. The summed E-state index contributed by atoms with van der Waals surface area (Å²) in [6.07, 6.45) is 0. The molecule has 33 heavy (non-hydrogen) atoms. The van der Waals surface area contributed by atoms with E-state index in [0.29, 0.717) is 38.8 Å². The molecule has 0 aliphatic carbocycles. The summed E-state index contributed by atoms with van der Waals surface area (Å²) < 4.78 is 43.1. The molecule has 0 bridgehead atoms. The van der Waals surface area contributed by atoms with Gasteiger partial charge in [-0.1, -0.05) is 17.8 Å². The first kappa shape index (κ1) is 21.1. The molecule has 166 valence electrons. The third kappa shape index (κ3) is 4.73. The number of carbonyl (C=O) groups is 1. The lowest BCUT2D eigenvalue weighted by Gasteiger charge is -2.09. The second-order valence-electron chi connectivity index (χ2n) is 7.16. The quantitative estimate of drug-likeness (QED) is 0.221. The summed E-state index contributed by atoms with van der Waals surface area (Å²) in [6, 6.07) is 15.2.